The van der Waals surface area contributed by atoms with Crippen LogP contribution in [0.5, 0.6) is 0 Å². The molecule has 20 heavy (non-hydrogen) atoms. The number of fused-ring (bicyclic) bond motifs is 2. The van der Waals surface area contributed by atoms with Crippen LogP contribution in [0, 0.1) is 5.92 Å². The topological polar surface area (TPSA) is 72.8 Å². The Morgan fingerprint density at radius 3 is 2.45 bits per heavy atom. The summed E-state index contributed by atoms with van der Waals surface area (Å²) in [6.07, 6.45) is 1.63. The SMILES string of the molecule is CC(C)(C)S(=O)(=O)C[C@]1(C)OO[C@@H]2C[C@H]1CC[C@@]2(C)O. The molecule has 0 amide bonds. The average Bonchev–Trinajstić information content (AvgIpc) is 2.24. The van der Waals surface area contributed by atoms with Gasteiger partial charge in [0.15, 0.2) is 9.84 Å². The highest BCUT2D eigenvalue weighted by Gasteiger charge is 2.54. The van der Waals surface area contributed by atoms with Crippen molar-refractivity contribution in [3.8, 4) is 0 Å². The van der Waals surface area contributed by atoms with Gasteiger partial charge < -0.3 is 5.11 Å². The molecule has 0 aromatic rings. The Labute approximate surface area is 121 Å². The molecule has 1 N–H and O–H groups in total. The van der Waals surface area contributed by atoms with Gasteiger partial charge in [0, 0.05) is 0 Å². The third kappa shape index (κ3) is 2.75. The number of aliphatic hydroxyl groups is 1. The number of hydrogen-bond acceptors (Lipinski definition) is 5. The Balaban J connectivity index is 2.18. The second-order valence-electron chi connectivity index (χ2n) is 7.68. The van der Waals surface area contributed by atoms with Crippen molar-refractivity contribution < 1.29 is 23.3 Å². The first-order valence-corrected chi connectivity index (χ1v) is 8.82. The summed E-state index contributed by atoms with van der Waals surface area (Å²) in [4.78, 5) is 10.8. The number of hydrogen-bond donors (Lipinski definition) is 1. The van der Waals surface area contributed by atoms with E-state index >= 15 is 0 Å². The van der Waals surface area contributed by atoms with Crippen LogP contribution in [0.25, 0.3) is 0 Å². The molecule has 2 aliphatic rings. The van der Waals surface area contributed by atoms with Crippen LogP contribution in [0.2, 0.25) is 0 Å². The first-order valence-electron chi connectivity index (χ1n) is 7.17. The van der Waals surface area contributed by atoms with Crippen LogP contribution in [0.3, 0.4) is 0 Å². The van der Waals surface area contributed by atoms with Gasteiger partial charge in [0.25, 0.3) is 0 Å². The van der Waals surface area contributed by atoms with Crippen molar-refractivity contribution in [3.63, 3.8) is 0 Å². The Morgan fingerprint density at radius 1 is 1.30 bits per heavy atom. The van der Waals surface area contributed by atoms with E-state index in [9.17, 15) is 13.5 Å². The van der Waals surface area contributed by atoms with Crippen molar-refractivity contribution >= 4 is 9.84 Å². The van der Waals surface area contributed by atoms with Crippen LogP contribution < -0.4 is 0 Å². The Bertz CT molecular complexity index is 476. The maximum atomic E-state index is 12.4. The largest absolute Gasteiger partial charge is 0.387 e. The molecule has 118 valence electrons. The van der Waals surface area contributed by atoms with Crippen molar-refractivity contribution in [2.24, 2.45) is 5.92 Å². The van der Waals surface area contributed by atoms with Crippen LogP contribution in [0.1, 0.15) is 53.9 Å². The molecule has 1 saturated heterocycles. The zero-order valence-electron chi connectivity index (χ0n) is 13.0. The van der Waals surface area contributed by atoms with Crippen LogP contribution in [0.15, 0.2) is 0 Å². The van der Waals surface area contributed by atoms with E-state index < -0.39 is 25.8 Å². The summed E-state index contributed by atoms with van der Waals surface area (Å²) in [6, 6.07) is 0. The highest BCUT2D eigenvalue weighted by atomic mass is 32.2. The van der Waals surface area contributed by atoms with Crippen molar-refractivity contribution in [2.75, 3.05) is 5.75 Å². The van der Waals surface area contributed by atoms with Crippen LogP contribution in [-0.4, -0.2) is 41.3 Å². The monoisotopic (exact) mass is 306 g/mol. The molecular weight excluding hydrogens is 280 g/mol. The third-order valence-electron chi connectivity index (χ3n) is 4.82. The maximum Gasteiger partial charge on any atom is 0.158 e. The van der Waals surface area contributed by atoms with Gasteiger partial charge in [-0.1, -0.05) is 0 Å². The van der Waals surface area contributed by atoms with Gasteiger partial charge in [-0.25, -0.2) is 18.2 Å². The molecule has 2 fully saturated rings. The predicted molar refractivity (Wildman–Crippen MR) is 75.9 cm³/mol. The molecule has 0 aromatic heterocycles. The zero-order chi connectivity index (χ0) is 15.4. The van der Waals surface area contributed by atoms with E-state index in [1.165, 1.54) is 0 Å². The Kier molecular flexibility index (Phi) is 3.78. The van der Waals surface area contributed by atoms with E-state index in [-0.39, 0.29) is 17.8 Å². The highest BCUT2D eigenvalue weighted by molar-refractivity contribution is 7.92. The normalized spacial score (nSPS) is 42.5. The molecule has 0 unspecified atom stereocenters. The van der Waals surface area contributed by atoms with Crippen LogP contribution >= 0.6 is 0 Å². The molecule has 1 heterocycles. The smallest absolute Gasteiger partial charge is 0.158 e. The van der Waals surface area contributed by atoms with Gasteiger partial charge in [-0.2, -0.15) is 0 Å². The van der Waals surface area contributed by atoms with E-state index in [1.807, 2.05) is 0 Å². The minimum absolute atomic E-state index is 0.0526. The molecule has 0 radical (unpaired) electrons. The fraction of sp³-hybridized carbons (Fsp3) is 1.00. The number of rotatable bonds is 2. The lowest BCUT2D eigenvalue weighted by Crippen LogP contribution is -2.59. The maximum absolute atomic E-state index is 12.4. The highest BCUT2D eigenvalue weighted by Crippen LogP contribution is 2.46. The summed E-state index contributed by atoms with van der Waals surface area (Å²) in [5.74, 6) is 0.0434. The third-order valence-corrected chi connectivity index (χ3v) is 7.64. The summed E-state index contributed by atoms with van der Waals surface area (Å²) in [6.45, 7) is 8.64. The molecule has 6 heteroatoms. The minimum Gasteiger partial charge on any atom is -0.387 e. The lowest BCUT2D eigenvalue weighted by Gasteiger charge is -2.50. The molecule has 5 nitrogen and oxygen atoms in total. The quantitative estimate of drug-likeness (QED) is 0.788. The van der Waals surface area contributed by atoms with Gasteiger partial charge in [-0.15, -0.1) is 0 Å². The minimum atomic E-state index is -3.29. The molecule has 1 saturated carbocycles. The second-order valence-corrected chi connectivity index (χ2v) is 10.4. The lowest BCUT2D eigenvalue weighted by atomic mass is 9.71. The molecular formula is C14H26O5S. The summed E-state index contributed by atoms with van der Waals surface area (Å²) in [5.41, 5.74) is -1.72. The van der Waals surface area contributed by atoms with E-state index in [0.717, 1.165) is 6.42 Å². The van der Waals surface area contributed by atoms with E-state index in [4.69, 9.17) is 9.78 Å². The number of sulfone groups is 1. The van der Waals surface area contributed by atoms with Crippen molar-refractivity contribution in [3.05, 3.63) is 0 Å². The molecule has 4 atom stereocenters. The molecule has 0 spiro atoms. The van der Waals surface area contributed by atoms with Gasteiger partial charge in [0.2, 0.25) is 0 Å². The van der Waals surface area contributed by atoms with Crippen LogP contribution in [0.4, 0.5) is 0 Å². The van der Waals surface area contributed by atoms with Crippen molar-refractivity contribution in [2.45, 2.75) is 75.9 Å². The fourth-order valence-corrected chi connectivity index (χ4v) is 4.40. The Hall–Kier alpha value is -0.170. The summed E-state index contributed by atoms with van der Waals surface area (Å²) >= 11 is 0. The van der Waals surface area contributed by atoms with Gasteiger partial charge >= 0.3 is 0 Å². The summed E-state index contributed by atoms with van der Waals surface area (Å²) in [5, 5.41) is 10.2. The van der Waals surface area contributed by atoms with E-state index in [1.54, 1.807) is 34.6 Å². The Morgan fingerprint density at radius 2 is 1.90 bits per heavy atom. The van der Waals surface area contributed by atoms with Gasteiger partial charge in [-0.05, 0) is 59.8 Å². The standard InChI is InChI=1S/C14H26O5S/c1-12(2,3)20(16,17)9-14(5)10-6-7-13(4,15)11(8-10)18-19-14/h10-11,15H,6-9H2,1-5H3/t10-,11-,13-,14+/m1/s1. The van der Waals surface area contributed by atoms with Gasteiger partial charge in [-0.3, -0.25) is 0 Å². The fourth-order valence-electron chi connectivity index (χ4n) is 2.93. The van der Waals surface area contributed by atoms with Crippen LogP contribution in [-0.2, 0) is 19.6 Å². The average molecular weight is 306 g/mol. The first-order chi connectivity index (χ1) is 8.87. The van der Waals surface area contributed by atoms with E-state index in [2.05, 4.69) is 0 Å². The van der Waals surface area contributed by atoms with Gasteiger partial charge in [0.1, 0.15) is 11.7 Å². The van der Waals surface area contributed by atoms with Crippen molar-refractivity contribution in [1.29, 1.82) is 0 Å². The predicted octanol–water partition coefficient (Wildman–Crippen LogP) is 1.84. The molecule has 2 bridgehead atoms. The zero-order valence-corrected chi connectivity index (χ0v) is 13.8. The van der Waals surface area contributed by atoms with Gasteiger partial charge in [0.05, 0.1) is 16.1 Å². The molecule has 1 aliphatic heterocycles. The summed E-state index contributed by atoms with van der Waals surface area (Å²) < 4.78 is 24.0. The molecule has 1 aliphatic carbocycles. The summed E-state index contributed by atoms with van der Waals surface area (Å²) in [7, 11) is -3.29. The lowest BCUT2D eigenvalue weighted by molar-refractivity contribution is -0.441. The second kappa shape index (κ2) is 4.66. The van der Waals surface area contributed by atoms with Crippen molar-refractivity contribution in [1.82, 2.24) is 0 Å². The molecule has 0 aromatic carbocycles. The first kappa shape index (κ1) is 16.2. The van der Waals surface area contributed by atoms with E-state index in [0.29, 0.717) is 12.8 Å². The molecule has 2 rings (SSSR count).